The third kappa shape index (κ3) is 5.12. The molecule has 1 N–H and O–H groups in total. The van der Waals surface area contributed by atoms with E-state index in [1.807, 2.05) is 11.0 Å². The molecule has 1 aliphatic rings. The Balaban J connectivity index is 1.41. The van der Waals surface area contributed by atoms with Crippen molar-refractivity contribution in [2.75, 3.05) is 24.5 Å². The van der Waals surface area contributed by atoms with Crippen LogP contribution >= 0.6 is 0 Å². The smallest absolute Gasteiger partial charge is 0.220 e. The molecule has 1 unspecified atom stereocenters. The summed E-state index contributed by atoms with van der Waals surface area (Å²) in [6.07, 6.45) is 1.21. The Morgan fingerprint density at radius 1 is 1.04 bits per heavy atom. The van der Waals surface area contributed by atoms with E-state index in [2.05, 4.69) is 5.32 Å². The molecule has 1 fully saturated rings. The SMILES string of the molecule is O=C(CCC(=O)c1ccccc1)NCC1CCN(c2ccc(F)c(F)c2)C1. The number of anilines is 1. The van der Waals surface area contributed by atoms with Gasteiger partial charge in [0.25, 0.3) is 0 Å². The van der Waals surface area contributed by atoms with Gasteiger partial charge in [0, 0.05) is 49.8 Å². The van der Waals surface area contributed by atoms with Crippen LogP contribution in [0.3, 0.4) is 0 Å². The summed E-state index contributed by atoms with van der Waals surface area (Å²) in [4.78, 5) is 26.0. The van der Waals surface area contributed by atoms with Crippen LogP contribution in [0.2, 0.25) is 0 Å². The van der Waals surface area contributed by atoms with Crippen LogP contribution in [0.15, 0.2) is 48.5 Å². The van der Waals surface area contributed by atoms with E-state index in [1.165, 1.54) is 6.07 Å². The molecule has 1 saturated heterocycles. The van der Waals surface area contributed by atoms with Crippen molar-refractivity contribution in [1.82, 2.24) is 5.32 Å². The lowest BCUT2D eigenvalue weighted by Gasteiger charge is -2.19. The zero-order valence-electron chi connectivity index (χ0n) is 15.0. The molecular formula is C21H22F2N2O2. The first-order valence-electron chi connectivity index (χ1n) is 9.08. The van der Waals surface area contributed by atoms with Gasteiger partial charge in [0.05, 0.1) is 0 Å². The monoisotopic (exact) mass is 372 g/mol. The number of nitrogens with one attached hydrogen (secondary N) is 1. The van der Waals surface area contributed by atoms with Crippen molar-refractivity contribution in [3.8, 4) is 0 Å². The largest absolute Gasteiger partial charge is 0.371 e. The molecule has 0 aliphatic carbocycles. The van der Waals surface area contributed by atoms with Crippen molar-refractivity contribution < 1.29 is 18.4 Å². The molecule has 4 nitrogen and oxygen atoms in total. The maximum Gasteiger partial charge on any atom is 0.220 e. The molecule has 1 amide bonds. The number of Topliss-reactive ketones (excluding diaryl/α,β-unsaturated/α-hetero) is 1. The Labute approximate surface area is 157 Å². The van der Waals surface area contributed by atoms with Gasteiger partial charge in [-0.3, -0.25) is 9.59 Å². The summed E-state index contributed by atoms with van der Waals surface area (Å²) in [5, 5.41) is 2.87. The van der Waals surface area contributed by atoms with Crippen LogP contribution in [0, 0.1) is 17.6 Å². The second-order valence-corrected chi connectivity index (χ2v) is 6.79. The van der Waals surface area contributed by atoms with E-state index in [-0.39, 0.29) is 30.4 Å². The van der Waals surface area contributed by atoms with Gasteiger partial charge in [-0.2, -0.15) is 0 Å². The van der Waals surface area contributed by atoms with Gasteiger partial charge in [0.1, 0.15) is 0 Å². The van der Waals surface area contributed by atoms with Gasteiger partial charge in [0.2, 0.25) is 5.91 Å². The van der Waals surface area contributed by atoms with Crippen LogP contribution in [-0.4, -0.2) is 31.3 Å². The van der Waals surface area contributed by atoms with Crippen LogP contribution in [0.1, 0.15) is 29.6 Å². The number of ketones is 1. The first-order chi connectivity index (χ1) is 13.0. The van der Waals surface area contributed by atoms with E-state index in [0.717, 1.165) is 19.0 Å². The van der Waals surface area contributed by atoms with Crippen LogP contribution < -0.4 is 10.2 Å². The average molecular weight is 372 g/mol. The van der Waals surface area contributed by atoms with Crippen molar-refractivity contribution in [3.05, 3.63) is 65.7 Å². The highest BCUT2D eigenvalue weighted by molar-refractivity contribution is 5.97. The standard InChI is InChI=1S/C21H22F2N2O2/c22-18-7-6-17(12-19(18)23)25-11-10-15(14-25)13-24-21(27)9-8-20(26)16-4-2-1-3-5-16/h1-7,12,15H,8-11,13-14H2,(H,24,27). The van der Waals surface area contributed by atoms with Crippen molar-refractivity contribution in [2.45, 2.75) is 19.3 Å². The highest BCUT2D eigenvalue weighted by Gasteiger charge is 2.23. The number of carbonyl (C=O) groups is 2. The number of hydrogen-bond donors (Lipinski definition) is 1. The van der Waals surface area contributed by atoms with E-state index in [0.29, 0.717) is 24.3 Å². The highest BCUT2D eigenvalue weighted by Crippen LogP contribution is 2.25. The minimum atomic E-state index is -0.855. The molecule has 0 radical (unpaired) electrons. The van der Waals surface area contributed by atoms with Gasteiger partial charge in [0.15, 0.2) is 17.4 Å². The third-order valence-electron chi connectivity index (χ3n) is 4.82. The molecule has 6 heteroatoms. The van der Waals surface area contributed by atoms with Gasteiger partial charge < -0.3 is 10.2 Å². The summed E-state index contributed by atoms with van der Waals surface area (Å²) < 4.78 is 26.4. The third-order valence-corrected chi connectivity index (χ3v) is 4.82. The summed E-state index contributed by atoms with van der Waals surface area (Å²) >= 11 is 0. The summed E-state index contributed by atoms with van der Waals surface area (Å²) in [5.41, 5.74) is 1.26. The predicted octanol–water partition coefficient (Wildman–Crippen LogP) is 3.57. The minimum absolute atomic E-state index is 0.0453. The number of rotatable bonds is 7. The molecule has 27 heavy (non-hydrogen) atoms. The van der Waals surface area contributed by atoms with Crippen LogP contribution in [0.25, 0.3) is 0 Å². The van der Waals surface area contributed by atoms with Crippen LogP contribution in [0.4, 0.5) is 14.5 Å². The highest BCUT2D eigenvalue weighted by atomic mass is 19.2. The number of halogens is 2. The second-order valence-electron chi connectivity index (χ2n) is 6.79. The maximum atomic E-state index is 13.4. The number of carbonyl (C=O) groups excluding carboxylic acids is 2. The Morgan fingerprint density at radius 3 is 2.56 bits per heavy atom. The van der Waals surface area contributed by atoms with Gasteiger partial charge >= 0.3 is 0 Å². The predicted molar refractivity (Wildman–Crippen MR) is 99.7 cm³/mol. The van der Waals surface area contributed by atoms with Gasteiger partial charge in [-0.25, -0.2) is 8.78 Å². The van der Waals surface area contributed by atoms with Crippen molar-refractivity contribution >= 4 is 17.4 Å². The molecule has 1 aliphatic heterocycles. The molecule has 1 atom stereocenters. The Bertz CT molecular complexity index is 811. The molecular weight excluding hydrogens is 350 g/mol. The maximum absolute atomic E-state index is 13.4. The fourth-order valence-electron chi connectivity index (χ4n) is 3.26. The summed E-state index contributed by atoms with van der Waals surface area (Å²) in [5.74, 6) is -1.66. The minimum Gasteiger partial charge on any atom is -0.371 e. The fraction of sp³-hybridized carbons (Fsp3) is 0.333. The second kappa shape index (κ2) is 8.75. The van der Waals surface area contributed by atoms with Crippen LogP contribution in [0.5, 0.6) is 0 Å². The Hall–Kier alpha value is -2.76. The summed E-state index contributed by atoms with van der Waals surface area (Å²) in [7, 11) is 0. The van der Waals surface area contributed by atoms with Gasteiger partial charge in [-0.15, -0.1) is 0 Å². The molecule has 1 heterocycles. The summed E-state index contributed by atoms with van der Waals surface area (Å²) in [6, 6.07) is 12.8. The molecule has 2 aromatic rings. The van der Waals surface area contributed by atoms with Crippen molar-refractivity contribution in [1.29, 1.82) is 0 Å². The van der Waals surface area contributed by atoms with E-state index < -0.39 is 11.6 Å². The molecule has 0 spiro atoms. The number of benzene rings is 2. The number of hydrogen-bond acceptors (Lipinski definition) is 3. The van der Waals surface area contributed by atoms with Gasteiger partial charge in [-0.1, -0.05) is 30.3 Å². The molecule has 3 rings (SSSR count). The van der Waals surface area contributed by atoms with Gasteiger partial charge in [-0.05, 0) is 24.5 Å². The van der Waals surface area contributed by atoms with E-state index in [4.69, 9.17) is 0 Å². The van der Waals surface area contributed by atoms with Crippen molar-refractivity contribution in [3.63, 3.8) is 0 Å². The molecule has 0 aromatic heterocycles. The first kappa shape index (κ1) is 19.0. The zero-order chi connectivity index (χ0) is 19.2. The number of amides is 1. The molecule has 0 bridgehead atoms. The average Bonchev–Trinajstić information content (AvgIpc) is 3.16. The van der Waals surface area contributed by atoms with Crippen LogP contribution in [-0.2, 0) is 4.79 Å². The number of nitrogens with zero attached hydrogens (tertiary/aromatic N) is 1. The lowest BCUT2D eigenvalue weighted by atomic mass is 10.1. The Kier molecular flexibility index (Phi) is 6.16. The quantitative estimate of drug-likeness (QED) is 0.756. The molecule has 2 aromatic carbocycles. The topological polar surface area (TPSA) is 49.4 Å². The first-order valence-corrected chi connectivity index (χ1v) is 9.08. The normalized spacial score (nSPS) is 16.4. The molecule has 142 valence electrons. The fourth-order valence-corrected chi connectivity index (χ4v) is 3.26. The zero-order valence-corrected chi connectivity index (χ0v) is 15.0. The molecule has 0 saturated carbocycles. The van der Waals surface area contributed by atoms with Crippen molar-refractivity contribution in [2.24, 2.45) is 5.92 Å². The van der Waals surface area contributed by atoms with E-state index in [9.17, 15) is 18.4 Å². The lowest BCUT2D eigenvalue weighted by Crippen LogP contribution is -2.31. The van der Waals surface area contributed by atoms with E-state index in [1.54, 1.807) is 30.3 Å². The van der Waals surface area contributed by atoms with E-state index >= 15 is 0 Å². The Morgan fingerprint density at radius 2 is 1.81 bits per heavy atom. The lowest BCUT2D eigenvalue weighted by molar-refractivity contribution is -0.121. The summed E-state index contributed by atoms with van der Waals surface area (Å²) in [6.45, 7) is 1.92.